The summed E-state index contributed by atoms with van der Waals surface area (Å²) in [5.74, 6) is -1.20. The third kappa shape index (κ3) is 3.02. The van der Waals surface area contributed by atoms with E-state index in [0.717, 1.165) is 6.07 Å². The van der Waals surface area contributed by atoms with Crippen molar-refractivity contribution in [2.45, 2.75) is 12.8 Å². The Morgan fingerprint density at radius 3 is 2.79 bits per heavy atom. The summed E-state index contributed by atoms with van der Waals surface area (Å²) in [7, 11) is 0. The SMILES string of the molecule is N#CCCCNc1ccc(F)cc1F. The maximum atomic E-state index is 13.0. The van der Waals surface area contributed by atoms with Gasteiger partial charge in [0.1, 0.15) is 11.6 Å². The normalized spacial score (nSPS) is 9.50. The zero-order valence-corrected chi connectivity index (χ0v) is 7.56. The highest BCUT2D eigenvalue weighted by Gasteiger charge is 2.01. The molecule has 2 nitrogen and oxygen atoms in total. The molecule has 0 fully saturated rings. The minimum atomic E-state index is -0.609. The van der Waals surface area contributed by atoms with E-state index < -0.39 is 11.6 Å². The van der Waals surface area contributed by atoms with E-state index in [1.165, 1.54) is 12.1 Å². The molecule has 1 aromatic rings. The van der Waals surface area contributed by atoms with Crippen molar-refractivity contribution >= 4 is 5.69 Å². The van der Waals surface area contributed by atoms with Crippen molar-refractivity contribution in [1.82, 2.24) is 0 Å². The molecule has 4 heteroatoms. The molecule has 0 heterocycles. The molecule has 0 spiro atoms. The van der Waals surface area contributed by atoms with E-state index in [2.05, 4.69) is 5.32 Å². The summed E-state index contributed by atoms with van der Waals surface area (Å²) in [6.07, 6.45) is 1.07. The molecular formula is C10H10F2N2. The van der Waals surface area contributed by atoms with Crippen LogP contribution in [0.5, 0.6) is 0 Å². The third-order valence-corrected chi connectivity index (χ3v) is 1.71. The molecule has 0 amide bonds. The lowest BCUT2D eigenvalue weighted by Gasteiger charge is -2.05. The zero-order valence-electron chi connectivity index (χ0n) is 7.56. The summed E-state index contributed by atoms with van der Waals surface area (Å²) < 4.78 is 25.5. The molecular weight excluding hydrogens is 186 g/mol. The van der Waals surface area contributed by atoms with Gasteiger partial charge in [-0.05, 0) is 18.6 Å². The summed E-state index contributed by atoms with van der Waals surface area (Å²) in [4.78, 5) is 0. The van der Waals surface area contributed by atoms with Crippen LogP contribution in [-0.2, 0) is 0 Å². The van der Waals surface area contributed by atoms with E-state index in [0.29, 0.717) is 19.4 Å². The Hall–Kier alpha value is -1.63. The van der Waals surface area contributed by atoms with Gasteiger partial charge in [-0.1, -0.05) is 0 Å². The Labute approximate surface area is 81.2 Å². The number of hydrogen-bond acceptors (Lipinski definition) is 2. The van der Waals surface area contributed by atoms with Crippen LogP contribution in [-0.4, -0.2) is 6.54 Å². The highest BCUT2D eigenvalue weighted by atomic mass is 19.1. The Bertz CT molecular complexity index is 344. The van der Waals surface area contributed by atoms with Crippen molar-refractivity contribution in [1.29, 1.82) is 5.26 Å². The van der Waals surface area contributed by atoms with Crippen LogP contribution in [0.15, 0.2) is 18.2 Å². The van der Waals surface area contributed by atoms with Crippen LogP contribution >= 0.6 is 0 Å². The third-order valence-electron chi connectivity index (χ3n) is 1.71. The lowest BCUT2D eigenvalue weighted by atomic mass is 10.2. The van der Waals surface area contributed by atoms with E-state index in [1.807, 2.05) is 6.07 Å². The van der Waals surface area contributed by atoms with Crippen LogP contribution in [0.2, 0.25) is 0 Å². The molecule has 1 aromatic carbocycles. The summed E-state index contributed by atoms with van der Waals surface area (Å²) in [5.41, 5.74) is 0.268. The number of nitrogens with zero attached hydrogens (tertiary/aromatic N) is 1. The van der Waals surface area contributed by atoms with Gasteiger partial charge in [-0.2, -0.15) is 5.26 Å². The van der Waals surface area contributed by atoms with Gasteiger partial charge in [0.25, 0.3) is 0 Å². The van der Waals surface area contributed by atoms with Gasteiger partial charge in [-0.15, -0.1) is 0 Å². The van der Waals surface area contributed by atoms with Gasteiger partial charge < -0.3 is 5.32 Å². The Kier molecular flexibility index (Phi) is 3.86. The van der Waals surface area contributed by atoms with Crippen LogP contribution in [0.25, 0.3) is 0 Å². The van der Waals surface area contributed by atoms with Gasteiger partial charge in [0.2, 0.25) is 0 Å². The number of nitriles is 1. The largest absolute Gasteiger partial charge is 0.383 e. The van der Waals surface area contributed by atoms with Gasteiger partial charge in [-0.25, -0.2) is 8.78 Å². The standard InChI is InChI=1S/C10H10F2N2/c11-8-3-4-10(9(12)7-8)14-6-2-1-5-13/h3-4,7,14H,1-2,6H2. The summed E-state index contributed by atoms with van der Waals surface area (Å²) in [5, 5.41) is 11.0. The van der Waals surface area contributed by atoms with Gasteiger partial charge in [0.05, 0.1) is 11.8 Å². The second-order valence-corrected chi connectivity index (χ2v) is 2.81. The first kappa shape index (κ1) is 10.5. The molecule has 0 saturated carbocycles. The van der Waals surface area contributed by atoms with Gasteiger partial charge >= 0.3 is 0 Å². The Morgan fingerprint density at radius 2 is 2.14 bits per heavy atom. The molecule has 0 aliphatic heterocycles. The van der Waals surface area contributed by atoms with E-state index in [1.54, 1.807) is 0 Å². The zero-order chi connectivity index (χ0) is 10.4. The second-order valence-electron chi connectivity index (χ2n) is 2.81. The van der Waals surface area contributed by atoms with Crippen molar-refractivity contribution in [3.05, 3.63) is 29.8 Å². The van der Waals surface area contributed by atoms with Gasteiger partial charge in [0, 0.05) is 19.0 Å². The number of rotatable bonds is 4. The number of benzene rings is 1. The molecule has 0 bridgehead atoms. The Morgan fingerprint density at radius 1 is 1.36 bits per heavy atom. The highest BCUT2D eigenvalue weighted by Crippen LogP contribution is 2.14. The molecule has 0 atom stereocenters. The summed E-state index contributed by atoms with van der Waals surface area (Å²) in [6, 6.07) is 5.34. The first-order valence-corrected chi connectivity index (χ1v) is 4.30. The minimum absolute atomic E-state index is 0.268. The fourth-order valence-electron chi connectivity index (χ4n) is 1.02. The molecule has 1 N–H and O–H groups in total. The summed E-state index contributed by atoms with van der Waals surface area (Å²) >= 11 is 0. The van der Waals surface area contributed by atoms with Crippen LogP contribution < -0.4 is 5.32 Å². The molecule has 0 saturated heterocycles. The van der Waals surface area contributed by atoms with Crippen molar-refractivity contribution in [2.75, 3.05) is 11.9 Å². The fourth-order valence-corrected chi connectivity index (χ4v) is 1.02. The van der Waals surface area contributed by atoms with Crippen molar-refractivity contribution in [2.24, 2.45) is 0 Å². The molecule has 74 valence electrons. The van der Waals surface area contributed by atoms with Crippen LogP contribution in [0, 0.1) is 23.0 Å². The molecule has 1 rings (SSSR count). The van der Waals surface area contributed by atoms with E-state index >= 15 is 0 Å². The topological polar surface area (TPSA) is 35.8 Å². The molecule has 0 aliphatic carbocycles. The van der Waals surface area contributed by atoms with Crippen molar-refractivity contribution in [3.8, 4) is 6.07 Å². The van der Waals surface area contributed by atoms with Gasteiger partial charge in [0.15, 0.2) is 0 Å². The average Bonchev–Trinajstić information content (AvgIpc) is 2.15. The molecule has 0 aromatic heterocycles. The Balaban J connectivity index is 2.47. The first-order chi connectivity index (χ1) is 6.74. The summed E-state index contributed by atoms with van der Waals surface area (Å²) in [6.45, 7) is 0.510. The number of nitrogens with one attached hydrogen (secondary N) is 1. The van der Waals surface area contributed by atoms with Crippen molar-refractivity contribution < 1.29 is 8.78 Å². The van der Waals surface area contributed by atoms with E-state index in [-0.39, 0.29) is 5.69 Å². The monoisotopic (exact) mass is 196 g/mol. The van der Waals surface area contributed by atoms with Crippen LogP contribution in [0.3, 0.4) is 0 Å². The minimum Gasteiger partial charge on any atom is -0.383 e. The van der Waals surface area contributed by atoms with Crippen LogP contribution in [0.4, 0.5) is 14.5 Å². The second kappa shape index (κ2) is 5.18. The van der Waals surface area contributed by atoms with E-state index in [9.17, 15) is 8.78 Å². The van der Waals surface area contributed by atoms with E-state index in [4.69, 9.17) is 5.26 Å². The number of halogens is 2. The van der Waals surface area contributed by atoms with Crippen molar-refractivity contribution in [3.63, 3.8) is 0 Å². The molecule has 0 unspecified atom stereocenters. The quantitative estimate of drug-likeness (QED) is 0.751. The predicted molar refractivity (Wildman–Crippen MR) is 49.7 cm³/mol. The first-order valence-electron chi connectivity index (χ1n) is 4.30. The maximum absolute atomic E-state index is 13.0. The predicted octanol–water partition coefficient (Wildman–Crippen LogP) is 2.68. The molecule has 14 heavy (non-hydrogen) atoms. The lowest BCUT2D eigenvalue weighted by Crippen LogP contribution is -2.03. The molecule has 0 radical (unpaired) electrons. The number of unbranched alkanes of at least 4 members (excludes halogenated alkanes) is 1. The maximum Gasteiger partial charge on any atom is 0.149 e. The van der Waals surface area contributed by atoms with Gasteiger partial charge in [-0.3, -0.25) is 0 Å². The number of anilines is 1. The average molecular weight is 196 g/mol. The molecule has 0 aliphatic rings. The fraction of sp³-hybridized carbons (Fsp3) is 0.300. The number of hydrogen-bond donors (Lipinski definition) is 1. The smallest absolute Gasteiger partial charge is 0.149 e. The lowest BCUT2D eigenvalue weighted by molar-refractivity contribution is 0.585. The highest BCUT2D eigenvalue weighted by molar-refractivity contribution is 5.44. The van der Waals surface area contributed by atoms with Crippen LogP contribution in [0.1, 0.15) is 12.8 Å².